The Balaban J connectivity index is 2.50. The molecule has 15 heavy (non-hydrogen) atoms. The zero-order chi connectivity index (χ0) is 11.1. The molecule has 0 spiro atoms. The van der Waals surface area contributed by atoms with Crippen molar-refractivity contribution in [3.05, 3.63) is 35.9 Å². The Morgan fingerprint density at radius 3 is 2.27 bits per heavy atom. The molecule has 3 nitrogen and oxygen atoms in total. The number of aliphatic hydroxyl groups excluding tert-OH is 3. The Kier molecular flexibility index (Phi) is 5.32. The molecule has 3 N–H and O–H groups in total. The van der Waals surface area contributed by atoms with E-state index in [1.165, 1.54) is 0 Å². The molecule has 3 heteroatoms. The molecule has 1 aromatic carbocycles. The minimum Gasteiger partial charge on any atom is -0.396 e. The molecule has 0 saturated carbocycles. The highest BCUT2D eigenvalue weighted by molar-refractivity contribution is 5.17. The minimum absolute atomic E-state index is 0.00442. The molecule has 0 aromatic heterocycles. The van der Waals surface area contributed by atoms with Gasteiger partial charge in [-0.2, -0.15) is 0 Å². The number of hydrogen-bond donors (Lipinski definition) is 3. The van der Waals surface area contributed by atoms with Gasteiger partial charge in [-0.05, 0) is 24.3 Å². The summed E-state index contributed by atoms with van der Waals surface area (Å²) in [4.78, 5) is 0. The quantitative estimate of drug-likeness (QED) is 0.659. The maximum absolute atomic E-state index is 9.86. The van der Waals surface area contributed by atoms with Gasteiger partial charge in [0.2, 0.25) is 0 Å². The molecule has 2 atom stereocenters. The summed E-state index contributed by atoms with van der Waals surface area (Å²) in [5.41, 5.74) is 0.855. The number of hydrogen-bond acceptors (Lipinski definition) is 3. The lowest BCUT2D eigenvalue weighted by molar-refractivity contribution is 0.102. The molecule has 0 heterocycles. The van der Waals surface area contributed by atoms with Crippen LogP contribution in [0.15, 0.2) is 30.3 Å². The summed E-state index contributed by atoms with van der Waals surface area (Å²) in [5.74, 6) is -0.0368. The van der Waals surface area contributed by atoms with Crippen molar-refractivity contribution in [1.29, 1.82) is 0 Å². The molecule has 1 aromatic rings. The van der Waals surface area contributed by atoms with Crippen LogP contribution in [0.2, 0.25) is 0 Å². The van der Waals surface area contributed by atoms with Crippen molar-refractivity contribution in [2.24, 2.45) is 5.92 Å². The number of benzene rings is 1. The van der Waals surface area contributed by atoms with Crippen LogP contribution in [0.25, 0.3) is 0 Å². The first-order chi connectivity index (χ1) is 7.27. The molecule has 0 aliphatic heterocycles. The van der Waals surface area contributed by atoms with Crippen molar-refractivity contribution >= 4 is 0 Å². The van der Waals surface area contributed by atoms with Crippen LogP contribution in [0.5, 0.6) is 0 Å². The van der Waals surface area contributed by atoms with Crippen molar-refractivity contribution in [3.8, 4) is 0 Å². The van der Waals surface area contributed by atoms with E-state index in [0.29, 0.717) is 12.8 Å². The van der Waals surface area contributed by atoms with Crippen LogP contribution < -0.4 is 0 Å². The van der Waals surface area contributed by atoms with Crippen molar-refractivity contribution in [2.45, 2.75) is 18.9 Å². The third kappa shape index (κ3) is 4.00. The Hall–Kier alpha value is -0.900. The first-order valence-corrected chi connectivity index (χ1v) is 5.22. The molecule has 0 unspecified atom stereocenters. The van der Waals surface area contributed by atoms with Gasteiger partial charge in [0.15, 0.2) is 0 Å². The Bertz CT molecular complexity index is 261. The molecule has 0 saturated heterocycles. The van der Waals surface area contributed by atoms with E-state index in [1.807, 2.05) is 30.3 Å². The summed E-state index contributed by atoms with van der Waals surface area (Å²) in [6.45, 7) is 0.0528. The van der Waals surface area contributed by atoms with Crippen LogP contribution in [-0.2, 0) is 0 Å². The lowest BCUT2D eigenvalue weighted by atomic mass is 9.95. The second-order valence-corrected chi connectivity index (χ2v) is 3.72. The van der Waals surface area contributed by atoms with Crippen molar-refractivity contribution in [3.63, 3.8) is 0 Å². The van der Waals surface area contributed by atoms with Gasteiger partial charge in [0.1, 0.15) is 0 Å². The van der Waals surface area contributed by atoms with Crippen molar-refractivity contribution < 1.29 is 15.3 Å². The minimum atomic E-state index is -0.560. The van der Waals surface area contributed by atoms with Gasteiger partial charge in [-0.1, -0.05) is 30.3 Å². The molecule has 1 rings (SSSR count). The summed E-state index contributed by atoms with van der Waals surface area (Å²) in [6.07, 6.45) is 0.455. The van der Waals surface area contributed by atoms with Gasteiger partial charge >= 0.3 is 0 Å². The maximum Gasteiger partial charge on any atom is 0.0793 e. The van der Waals surface area contributed by atoms with E-state index in [-0.39, 0.29) is 19.1 Å². The fraction of sp³-hybridized carbons (Fsp3) is 0.500. The summed E-state index contributed by atoms with van der Waals surface area (Å²) in [5, 5.41) is 27.6. The summed E-state index contributed by atoms with van der Waals surface area (Å²) in [6, 6.07) is 9.36. The van der Waals surface area contributed by atoms with Gasteiger partial charge in [-0.15, -0.1) is 0 Å². The summed E-state index contributed by atoms with van der Waals surface area (Å²) in [7, 11) is 0. The fourth-order valence-corrected chi connectivity index (χ4v) is 1.59. The van der Waals surface area contributed by atoms with E-state index >= 15 is 0 Å². The molecule has 0 amide bonds. The second kappa shape index (κ2) is 6.56. The van der Waals surface area contributed by atoms with E-state index in [9.17, 15) is 5.11 Å². The van der Waals surface area contributed by atoms with Crippen LogP contribution in [0.1, 0.15) is 24.5 Å². The molecule has 0 aliphatic carbocycles. The highest BCUT2D eigenvalue weighted by atomic mass is 16.3. The maximum atomic E-state index is 9.86. The van der Waals surface area contributed by atoms with E-state index in [0.717, 1.165) is 5.56 Å². The first kappa shape index (κ1) is 12.2. The molecule has 0 fully saturated rings. The van der Waals surface area contributed by atoms with E-state index < -0.39 is 6.10 Å². The van der Waals surface area contributed by atoms with Gasteiger partial charge < -0.3 is 15.3 Å². The normalized spacial score (nSPS) is 14.9. The van der Waals surface area contributed by atoms with Gasteiger partial charge in [-0.3, -0.25) is 0 Å². The molecule has 0 aliphatic rings. The molecular formula is C12H18O3. The van der Waals surface area contributed by atoms with Crippen LogP contribution >= 0.6 is 0 Å². The second-order valence-electron chi connectivity index (χ2n) is 3.72. The Labute approximate surface area is 90.0 Å². The SMILES string of the molecule is OCC[C@@H](CO)C[C@H](O)c1ccccc1. The molecular weight excluding hydrogens is 192 g/mol. The lowest BCUT2D eigenvalue weighted by Gasteiger charge is -2.17. The number of aliphatic hydroxyl groups is 3. The van der Waals surface area contributed by atoms with Gasteiger partial charge in [0.05, 0.1) is 6.10 Å². The summed E-state index contributed by atoms with van der Waals surface area (Å²) >= 11 is 0. The third-order valence-electron chi connectivity index (χ3n) is 2.54. The average Bonchev–Trinajstić information content (AvgIpc) is 2.29. The van der Waals surface area contributed by atoms with E-state index in [1.54, 1.807) is 0 Å². The Morgan fingerprint density at radius 1 is 1.07 bits per heavy atom. The van der Waals surface area contributed by atoms with Gasteiger partial charge in [0, 0.05) is 13.2 Å². The lowest BCUT2D eigenvalue weighted by Crippen LogP contribution is -2.13. The van der Waals surface area contributed by atoms with Crippen LogP contribution in [0.4, 0.5) is 0 Å². The van der Waals surface area contributed by atoms with Crippen molar-refractivity contribution in [2.75, 3.05) is 13.2 Å². The highest BCUT2D eigenvalue weighted by Gasteiger charge is 2.14. The van der Waals surface area contributed by atoms with Crippen molar-refractivity contribution in [1.82, 2.24) is 0 Å². The largest absolute Gasteiger partial charge is 0.396 e. The third-order valence-corrected chi connectivity index (χ3v) is 2.54. The van der Waals surface area contributed by atoms with Gasteiger partial charge in [-0.25, -0.2) is 0 Å². The van der Waals surface area contributed by atoms with Crippen LogP contribution in [-0.4, -0.2) is 28.5 Å². The molecule has 84 valence electrons. The fourth-order valence-electron chi connectivity index (χ4n) is 1.59. The van der Waals surface area contributed by atoms with Crippen LogP contribution in [0.3, 0.4) is 0 Å². The van der Waals surface area contributed by atoms with Crippen LogP contribution in [0, 0.1) is 5.92 Å². The first-order valence-electron chi connectivity index (χ1n) is 5.22. The van der Waals surface area contributed by atoms with E-state index in [2.05, 4.69) is 0 Å². The monoisotopic (exact) mass is 210 g/mol. The summed E-state index contributed by atoms with van der Waals surface area (Å²) < 4.78 is 0. The predicted molar refractivity (Wildman–Crippen MR) is 58.3 cm³/mol. The number of rotatable bonds is 6. The predicted octanol–water partition coefficient (Wildman–Crippen LogP) is 1.10. The van der Waals surface area contributed by atoms with E-state index in [4.69, 9.17) is 10.2 Å². The van der Waals surface area contributed by atoms with Gasteiger partial charge in [0.25, 0.3) is 0 Å². The average molecular weight is 210 g/mol. The standard InChI is InChI=1S/C12H18O3/c13-7-6-10(9-14)8-12(15)11-4-2-1-3-5-11/h1-5,10,12-15H,6-9H2/t10-,12+/m1/s1. The topological polar surface area (TPSA) is 60.7 Å². The Morgan fingerprint density at radius 2 is 1.73 bits per heavy atom. The zero-order valence-electron chi connectivity index (χ0n) is 8.71. The molecule has 0 radical (unpaired) electrons. The molecule has 0 bridgehead atoms. The zero-order valence-corrected chi connectivity index (χ0v) is 8.71. The highest BCUT2D eigenvalue weighted by Crippen LogP contribution is 2.22. The smallest absolute Gasteiger partial charge is 0.0793 e.